The molecule has 2 N–H and O–H groups in total. The molecule has 2 atom stereocenters. The lowest BCUT2D eigenvalue weighted by Crippen LogP contribution is -2.33. The number of nitrogens with one attached hydrogen (secondary N) is 1. The van der Waals surface area contributed by atoms with Crippen LogP contribution in [-0.2, 0) is 11.3 Å². The zero-order chi connectivity index (χ0) is 14.4. The number of hydrogen-bond donors (Lipinski definition) is 2. The van der Waals surface area contributed by atoms with E-state index in [1.165, 1.54) is 0 Å². The van der Waals surface area contributed by atoms with E-state index >= 15 is 0 Å². The number of rotatable bonds is 6. The molecule has 112 valence electrons. The monoisotopic (exact) mass is 279 g/mol. The lowest BCUT2D eigenvalue weighted by Gasteiger charge is -2.30. The Kier molecular flexibility index (Phi) is 5.68. The standard InChI is InChI=1S/C16H25NO3/c1-3-15-10-14(7-8-20-15)17-13-5-6-16(19-4-2)12(9-13)11-18/h5-6,9,14-15,17-18H,3-4,7-8,10-11H2,1-2H3. The number of benzene rings is 1. The van der Waals surface area contributed by atoms with E-state index in [9.17, 15) is 5.11 Å². The Bertz CT molecular complexity index is 422. The molecule has 1 aromatic carbocycles. The highest BCUT2D eigenvalue weighted by atomic mass is 16.5. The molecule has 0 spiro atoms. The van der Waals surface area contributed by atoms with Crippen molar-refractivity contribution in [2.24, 2.45) is 0 Å². The molecule has 1 aliphatic rings. The topological polar surface area (TPSA) is 50.7 Å². The van der Waals surface area contributed by atoms with E-state index in [-0.39, 0.29) is 6.61 Å². The van der Waals surface area contributed by atoms with Gasteiger partial charge in [-0.1, -0.05) is 6.92 Å². The maximum absolute atomic E-state index is 9.43. The summed E-state index contributed by atoms with van der Waals surface area (Å²) in [6, 6.07) is 6.36. The number of ether oxygens (including phenoxy) is 2. The molecule has 1 aromatic rings. The van der Waals surface area contributed by atoms with Crippen molar-refractivity contribution in [2.45, 2.75) is 51.9 Å². The molecule has 4 heteroatoms. The van der Waals surface area contributed by atoms with E-state index < -0.39 is 0 Å². The first kappa shape index (κ1) is 15.1. The first-order valence-electron chi connectivity index (χ1n) is 7.51. The third-order valence-corrected chi connectivity index (χ3v) is 3.72. The quantitative estimate of drug-likeness (QED) is 0.840. The van der Waals surface area contributed by atoms with E-state index in [1.54, 1.807) is 0 Å². The Morgan fingerprint density at radius 1 is 1.40 bits per heavy atom. The van der Waals surface area contributed by atoms with Gasteiger partial charge in [-0.05, 0) is 44.4 Å². The van der Waals surface area contributed by atoms with Crippen LogP contribution >= 0.6 is 0 Å². The summed E-state index contributed by atoms with van der Waals surface area (Å²) in [6.45, 7) is 5.53. The van der Waals surface area contributed by atoms with Crippen LogP contribution < -0.4 is 10.1 Å². The largest absolute Gasteiger partial charge is 0.494 e. The van der Waals surface area contributed by atoms with Crippen molar-refractivity contribution in [1.29, 1.82) is 0 Å². The molecular formula is C16H25NO3. The summed E-state index contributed by atoms with van der Waals surface area (Å²) in [5.41, 5.74) is 1.87. The highest BCUT2D eigenvalue weighted by Crippen LogP contribution is 2.26. The Hall–Kier alpha value is -1.26. The van der Waals surface area contributed by atoms with E-state index in [0.29, 0.717) is 18.8 Å². The van der Waals surface area contributed by atoms with Gasteiger partial charge >= 0.3 is 0 Å². The SMILES string of the molecule is CCOc1ccc(NC2CCOC(CC)C2)cc1CO. The minimum Gasteiger partial charge on any atom is -0.494 e. The second kappa shape index (κ2) is 7.50. The van der Waals surface area contributed by atoms with Crippen LogP contribution in [0.15, 0.2) is 18.2 Å². The summed E-state index contributed by atoms with van der Waals surface area (Å²) in [4.78, 5) is 0. The fourth-order valence-corrected chi connectivity index (χ4v) is 2.62. The molecule has 2 unspecified atom stereocenters. The van der Waals surface area contributed by atoms with Gasteiger partial charge in [0.2, 0.25) is 0 Å². The van der Waals surface area contributed by atoms with Crippen LogP contribution in [0.5, 0.6) is 5.75 Å². The molecule has 0 bridgehead atoms. The van der Waals surface area contributed by atoms with Crippen LogP contribution in [0.1, 0.15) is 38.7 Å². The zero-order valence-electron chi connectivity index (χ0n) is 12.4. The van der Waals surface area contributed by atoms with Crippen LogP contribution in [0.3, 0.4) is 0 Å². The smallest absolute Gasteiger partial charge is 0.124 e. The van der Waals surface area contributed by atoms with Crippen molar-refractivity contribution >= 4 is 5.69 Å². The number of aliphatic hydroxyl groups excluding tert-OH is 1. The van der Waals surface area contributed by atoms with E-state index in [0.717, 1.165) is 42.9 Å². The van der Waals surface area contributed by atoms with Gasteiger partial charge in [0.05, 0.1) is 19.3 Å². The van der Waals surface area contributed by atoms with Gasteiger partial charge < -0.3 is 19.9 Å². The summed E-state index contributed by atoms with van der Waals surface area (Å²) in [7, 11) is 0. The van der Waals surface area contributed by atoms with Crippen molar-refractivity contribution < 1.29 is 14.6 Å². The van der Waals surface area contributed by atoms with Gasteiger partial charge in [0.15, 0.2) is 0 Å². The Labute approximate surface area is 121 Å². The van der Waals surface area contributed by atoms with Crippen LogP contribution in [0.25, 0.3) is 0 Å². The van der Waals surface area contributed by atoms with Gasteiger partial charge in [0.1, 0.15) is 5.75 Å². The Balaban J connectivity index is 2.02. The van der Waals surface area contributed by atoms with Crippen molar-refractivity contribution in [3.63, 3.8) is 0 Å². The summed E-state index contributed by atoms with van der Waals surface area (Å²) in [5.74, 6) is 0.763. The minimum atomic E-state index is -0.00375. The first-order chi connectivity index (χ1) is 9.76. The highest BCUT2D eigenvalue weighted by molar-refractivity contribution is 5.51. The highest BCUT2D eigenvalue weighted by Gasteiger charge is 2.21. The van der Waals surface area contributed by atoms with Gasteiger partial charge in [-0.3, -0.25) is 0 Å². The molecular weight excluding hydrogens is 254 g/mol. The molecule has 1 fully saturated rings. The molecule has 0 aromatic heterocycles. The molecule has 2 rings (SSSR count). The average Bonchev–Trinajstić information content (AvgIpc) is 2.49. The van der Waals surface area contributed by atoms with Gasteiger partial charge in [0, 0.05) is 23.9 Å². The lowest BCUT2D eigenvalue weighted by molar-refractivity contribution is 0.00925. The zero-order valence-corrected chi connectivity index (χ0v) is 12.4. The summed E-state index contributed by atoms with van der Waals surface area (Å²) >= 11 is 0. The van der Waals surface area contributed by atoms with Gasteiger partial charge in [-0.2, -0.15) is 0 Å². The van der Waals surface area contributed by atoms with E-state index in [1.807, 2.05) is 25.1 Å². The van der Waals surface area contributed by atoms with Crippen molar-refractivity contribution in [2.75, 3.05) is 18.5 Å². The first-order valence-corrected chi connectivity index (χ1v) is 7.51. The third-order valence-electron chi connectivity index (χ3n) is 3.72. The van der Waals surface area contributed by atoms with Crippen molar-refractivity contribution in [3.05, 3.63) is 23.8 Å². The normalized spacial score (nSPS) is 22.6. The molecule has 4 nitrogen and oxygen atoms in total. The van der Waals surface area contributed by atoms with E-state index in [2.05, 4.69) is 12.2 Å². The molecule has 0 aliphatic carbocycles. The second-order valence-electron chi connectivity index (χ2n) is 5.18. The van der Waals surface area contributed by atoms with Crippen LogP contribution in [0.4, 0.5) is 5.69 Å². The summed E-state index contributed by atoms with van der Waals surface area (Å²) in [5, 5.41) is 13.0. The van der Waals surface area contributed by atoms with Gasteiger partial charge in [0.25, 0.3) is 0 Å². The second-order valence-corrected chi connectivity index (χ2v) is 5.18. The third kappa shape index (κ3) is 3.87. The van der Waals surface area contributed by atoms with E-state index in [4.69, 9.17) is 9.47 Å². The molecule has 1 saturated heterocycles. The van der Waals surface area contributed by atoms with Gasteiger partial charge in [-0.25, -0.2) is 0 Å². The maximum Gasteiger partial charge on any atom is 0.124 e. The predicted molar refractivity (Wildman–Crippen MR) is 80.2 cm³/mol. The minimum absolute atomic E-state index is 0.00375. The van der Waals surface area contributed by atoms with Crippen LogP contribution in [0, 0.1) is 0 Å². The molecule has 0 saturated carbocycles. The molecule has 1 heterocycles. The number of aliphatic hydroxyl groups is 1. The fourth-order valence-electron chi connectivity index (χ4n) is 2.62. The number of hydrogen-bond acceptors (Lipinski definition) is 4. The van der Waals surface area contributed by atoms with Crippen molar-refractivity contribution in [1.82, 2.24) is 0 Å². The molecule has 20 heavy (non-hydrogen) atoms. The fraction of sp³-hybridized carbons (Fsp3) is 0.625. The maximum atomic E-state index is 9.43. The molecule has 0 radical (unpaired) electrons. The van der Waals surface area contributed by atoms with Crippen LogP contribution in [-0.4, -0.2) is 30.5 Å². The Morgan fingerprint density at radius 2 is 2.25 bits per heavy atom. The summed E-state index contributed by atoms with van der Waals surface area (Å²) in [6.07, 6.45) is 3.49. The predicted octanol–water partition coefficient (Wildman–Crippen LogP) is 2.95. The average molecular weight is 279 g/mol. The number of anilines is 1. The van der Waals surface area contributed by atoms with Crippen LogP contribution in [0.2, 0.25) is 0 Å². The Morgan fingerprint density at radius 3 is 2.95 bits per heavy atom. The molecule has 0 amide bonds. The molecule has 1 aliphatic heterocycles. The van der Waals surface area contributed by atoms with Gasteiger partial charge in [-0.15, -0.1) is 0 Å². The summed E-state index contributed by atoms with van der Waals surface area (Å²) < 4.78 is 11.2. The lowest BCUT2D eigenvalue weighted by atomic mass is 10.0. The van der Waals surface area contributed by atoms with Crippen molar-refractivity contribution in [3.8, 4) is 5.75 Å².